The summed E-state index contributed by atoms with van der Waals surface area (Å²) in [5.41, 5.74) is 11.1. The molecule has 1 aliphatic rings. The molecule has 4 aromatic carbocycles. The molecule has 0 aromatic heterocycles. The van der Waals surface area contributed by atoms with E-state index in [1.165, 1.54) is 50.1 Å². The van der Waals surface area contributed by atoms with Crippen molar-refractivity contribution in [3.05, 3.63) is 160 Å². The molecule has 5 rings (SSSR count). The third kappa shape index (κ3) is 3.81. The summed E-state index contributed by atoms with van der Waals surface area (Å²) >= 11 is 4.62. The number of hydrogen-bond acceptors (Lipinski definition) is 1. The molecule has 0 fully saturated rings. The predicted molar refractivity (Wildman–Crippen MR) is 154 cm³/mol. The van der Waals surface area contributed by atoms with Crippen LogP contribution in [-0.2, 0) is 11.8 Å². The number of fused-ring (bicyclic) bond motifs is 3. The zero-order valence-electron chi connectivity index (χ0n) is 20.3. The lowest BCUT2D eigenvalue weighted by molar-refractivity contribution is 0.767. The molecule has 4 aromatic rings. The SMILES string of the molecule is C=CCc1cc(C(/C=C(\C)S)=C/C)c2c(c1)C(c1ccccc1)(c1ccccc1)c1ccccc1-2. The predicted octanol–water partition coefficient (Wildman–Crippen LogP) is 9.02. The van der Waals surface area contributed by atoms with Crippen LogP contribution in [0.5, 0.6) is 0 Å². The molecule has 0 amide bonds. The Bertz CT molecular complexity index is 1400. The standard InChI is InChI=1S/C34H30S/c1-4-14-25-22-30(26(5-2)21-24(3)35)33-29-19-12-13-20-31(29)34(32(33)23-25,27-15-8-6-9-16-27)28-17-10-7-11-18-28/h4-13,15-23,35H,1,14H2,2-3H3/b24-21+,26-5+. The molecule has 0 unspecified atom stereocenters. The Hall–Kier alpha value is -3.55. The van der Waals surface area contributed by atoms with Crippen LogP contribution in [-0.4, -0.2) is 0 Å². The van der Waals surface area contributed by atoms with Crippen molar-refractivity contribution in [2.45, 2.75) is 25.7 Å². The highest BCUT2D eigenvalue weighted by atomic mass is 32.1. The van der Waals surface area contributed by atoms with Gasteiger partial charge in [-0.25, -0.2) is 0 Å². The van der Waals surface area contributed by atoms with E-state index in [4.69, 9.17) is 0 Å². The largest absolute Gasteiger partial charge is 0.148 e. The summed E-state index contributed by atoms with van der Waals surface area (Å²) in [7, 11) is 0. The maximum atomic E-state index is 4.62. The average Bonchev–Trinajstić information content (AvgIpc) is 3.19. The first-order valence-electron chi connectivity index (χ1n) is 12.1. The van der Waals surface area contributed by atoms with Crippen LogP contribution >= 0.6 is 12.6 Å². The number of rotatable bonds is 6. The highest BCUT2D eigenvalue weighted by molar-refractivity contribution is 7.84. The average molecular weight is 471 g/mol. The molecule has 35 heavy (non-hydrogen) atoms. The van der Waals surface area contributed by atoms with E-state index in [1.54, 1.807) is 0 Å². The summed E-state index contributed by atoms with van der Waals surface area (Å²) in [5, 5.41) is 0. The summed E-state index contributed by atoms with van der Waals surface area (Å²) in [4.78, 5) is 0.990. The quantitative estimate of drug-likeness (QED) is 0.143. The smallest absolute Gasteiger partial charge is 0.0713 e. The van der Waals surface area contributed by atoms with Crippen molar-refractivity contribution in [1.29, 1.82) is 0 Å². The van der Waals surface area contributed by atoms with E-state index in [0.717, 1.165) is 11.3 Å². The van der Waals surface area contributed by atoms with Crippen LogP contribution in [0, 0.1) is 0 Å². The van der Waals surface area contributed by atoms with Crippen LogP contribution < -0.4 is 0 Å². The second-order valence-electron chi connectivity index (χ2n) is 9.12. The Balaban J connectivity index is 1.99. The van der Waals surface area contributed by atoms with Crippen molar-refractivity contribution in [1.82, 2.24) is 0 Å². The van der Waals surface area contributed by atoms with Gasteiger partial charge in [0.15, 0.2) is 0 Å². The first-order valence-corrected chi connectivity index (χ1v) is 12.6. The van der Waals surface area contributed by atoms with Crippen LogP contribution in [0.2, 0.25) is 0 Å². The molecule has 0 bridgehead atoms. The number of benzene rings is 4. The zero-order valence-corrected chi connectivity index (χ0v) is 21.2. The fourth-order valence-electron chi connectivity index (χ4n) is 5.68. The number of thiol groups is 1. The van der Waals surface area contributed by atoms with Gasteiger partial charge in [0.25, 0.3) is 0 Å². The Kier molecular flexibility index (Phi) is 6.36. The Labute approximate surface area is 214 Å². The minimum Gasteiger partial charge on any atom is -0.148 e. The molecular weight excluding hydrogens is 440 g/mol. The van der Waals surface area contributed by atoms with Crippen LogP contribution in [0.1, 0.15) is 47.2 Å². The van der Waals surface area contributed by atoms with Gasteiger partial charge < -0.3 is 0 Å². The van der Waals surface area contributed by atoms with Crippen molar-refractivity contribution in [2.24, 2.45) is 0 Å². The fourth-order valence-corrected chi connectivity index (χ4v) is 5.82. The molecule has 0 radical (unpaired) electrons. The van der Waals surface area contributed by atoms with Gasteiger partial charge >= 0.3 is 0 Å². The third-order valence-electron chi connectivity index (χ3n) is 6.98. The first kappa shape index (κ1) is 23.2. The molecular formula is C34H30S. The van der Waals surface area contributed by atoms with Crippen LogP contribution in [0.15, 0.2) is 127 Å². The molecule has 0 nitrogen and oxygen atoms in total. The fraction of sp³-hybridized carbons (Fsp3) is 0.118. The summed E-state index contributed by atoms with van der Waals surface area (Å²) < 4.78 is 0. The molecule has 1 aliphatic carbocycles. The van der Waals surface area contributed by atoms with Crippen molar-refractivity contribution < 1.29 is 0 Å². The molecule has 172 valence electrons. The first-order chi connectivity index (χ1) is 17.1. The van der Waals surface area contributed by atoms with Crippen molar-refractivity contribution in [3.63, 3.8) is 0 Å². The van der Waals surface area contributed by atoms with Gasteiger partial charge in [0.2, 0.25) is 0 Å². The van der Waals surface area contributed by atoms with Gasteiger partial charge in [-0.15, -0.1) is 19.2 Å². The minimum absolute atomic E-state index is 0.404. The second kappa shape index (κ2) is 9.60. The maximum Gasteiger partial charge on any atom is 0.0713 e. The lowest BCUT2D eigenvalue weighted by atomic mass is 9.67. The van der Waals surface area contributed by atoms with Gasteiger partial charge in [0.05, 0.1) is 5.41 Å². The minimum atomic E-state index is -0.404. The topological polar surface area (TPSA) is 0 Å². The molecule has 0 saturated carbocycles. The summed E-state index contributed by atoms with van der Waals surface area (Å²) in [6.07, 6.45) is 7.18. The Morgan fingerprint density at radius 1 is 0.829 bits per heavy atom. The molecule has 0 heterocycles. The highest BCUT2D eigenvalue weighted by Crippen LogP contribution is 2.58. The van der Waals surface area contributed by atoms with Crippen LogP contribution in [0.3, 0.4) is 0 Å². The monoisotopic (exact) mass is 470 g/mol. The van der Waals surface area contributed by atoms with E-state index < -0.39 is 5.41 Å². The van der Waals surface area contributed by atoms with Gasteiger partial charge in [-0.2, -0.15) is 0 Å². The molecule has 0 saturated heterocycles. The molecule has 0 N–H and O–H groups in total. The maximum absolute atomic E-state index is 4.62. The highest BCUT2D eigenvalue weighted by Gasteiger charge is 2.47. The summed E-state index contributed by atoms with van der Waals surface area (Å²) in [6.45, 7) is 8.19. The van der Waals surface area contributed by atoms with Gasteiger partial charge in [-0.05, 0) is 81.3 Å². The van der Waals surface area contributed by atoms with E-state index in [0.29, 0.717) is 0 Å². The van der Waals surface area contributed by atoms with E-state index in [9.17, 15) is 0 Å². The second-order valence-corrected chi connectivity index (χ2v) is 9.82. The number of hydrogen-bond donors (Lipinski definition) is 1. The van der Waals surface area contributed by atoms with Gasteiger partial charge in [0, 0.05) is 0 Å². The molecule has 0 spiro atoms. The Morgan fingerprint density at radius 3 is 2.00 bits per heavy atom. The molecule has 0 aliphatic heterocycles. The molecule has 1 heteroatoms. The van der Waals surface area contributed by atoms with Crippen LogP contribution in [0.4, 0.5) is 0 Å². The van der Waals surface area contributed by atoms with Gasteiger partial charge in [0.1, 0.15) is 0 Å². The van der Waals surface area contributed by atoms with E-state index >= 15 is 0 Å². The van der Waals surface area contributed by atoms with Crippen LogP contribution in [0.25, 0.3) is 16.7 Å². The third-order valence-corrected chi connectivity index (χ3v) is 7.11. The molecule has 0 atom stereocenters. The lowest BCUT2D eigenvalue weighted by Gasteiger charge is -2.34. The van der Waals surface area contributed by atoms with E-state index in [1.807, 2.05) is 13.0 Å². The van der Waals surface area contributed by atoms with Crippen molar-refractivity contribution >= 4 is 18.2 Å². The number of allylic oxidation sites excluding steroid dienone is 5. The summed E-state index contributed by atoms with van der Waals surface area (Å²) in [6, 6.07) is 35.6. The van der Waals surface area contributed by atoms with Crippen molar-refractivity contribution in [3.8, 4) is 11.1 Å². The zero-order chi connectivity index (χ0) is 24.4. The summed E-state index contributed by atoms with van der Waals surface area (Å²) in [5.74, 6) is 0. The van der Waals surface area contributed by atoms with E-state index in [-0.39, 0.29) is 0 Å². The Morgan fingerprint density at radius 2 is 1.43 bits per heavy atom. The van der Waals surface area contributed by atoms with E-state index in [2.05, 4.69) is 135 Å². The lowest BCUT2D eigenvalue weighted by Crippen LogP contribution is -2.28. The van der Waals surface area contributed by atoms with Gasteiger partial charge in [-0.3, -0.25) is 0 Å². The van der Waals surface area contributed by atoms with Crippen molar-refractivity contribution in [2.75, 3.05) is 0 Å². The van der Waals surface area contributed by atoms with Gasteiger partial charge in [-0.1, -0.05) is 109 Å². The normalized spacial score (nSPS) is 14.4.